The number of benzene rings is 2. The molecule has 0 saturated heterocycles. The number of rotatable bonds is 5. The van der Waals surface area contributed by atoms with E-state index in [-0.39, 0.29) is 5.91 Å². The van der Waals surface area contributed by atoms with Crippen LogP contribution in [0.15, 0.2) is 60.7 Å². The monoisotopic (exact) mass is 278 g/mol. The Hall–Kier alpha value is -2.60. The van der Waals surface area contributed by atoms with Crippen LogP contribution in [-0.2, 0) is 11.2 Å². The molecule has 2 aromatic carbocycles. The zero-order valence-electron chi connectivity index (χ0n) is 12.1. The number of hydrogen-bond acceptors (Lipinski definition) is 2. The van der Waals surface area contributed by atoms with Gasteiger partial charge >= 0.3 is 0 Å². The van der Waals surface area contributed by atoms with Gasteiger partial charge in [0, 0.05) is 13.6 Å². The molecule has 0 heterocycles. The zero-order chi connectivity index (χ0) is 15.1. The van der Waals surface area contributed by atoms with Crippen molar-refractivity contribution in [1.82, 2.24) is 4.90 Å². The Morgan fingerprint density at radius 1 is 1.10 bits per heavy atom. The molecule has 3 nitrogen and oxygen atoms in total. The molecule has 1 amide bonds. The quantitative estimate of drug-likeness (QED) is 0.844. The Balaban J connectivity index is 2.00. The molecule has 2 aromatic rings. The number of amides is 1. The lowest BCUT2D eigenvalue weighted by molar-refractivity contribution is -0.130. The Morgan fingerprint density at radius 2 is 1.67 bits per heavy atom. The van der Waals surface area contributed by atoms with Crippen LogP contribution in [0.2, 0.25) is 0 Å². The second-order valence-electron chi connectivity index (χ2n) is 4.97. The minimum atomic E-state index is -0.730. The average molecular weight is 278 g/mol. The largest absolute Gasteiger partial charge is 0.344 e. The molecule has 0 radical (unpaired) electrons. The molecular weight excluding hydrogens is 260 g/mol. The average Bonchev–Trinajstić information content (AvgIpc) is 2.55. The molecule has 21 heavy (non-hydrogen) atoms. The molecule has 2 rings (SSSR count). The van der Waals surface area contributed by atoms with E-state index in [1.54, 1.807) is 11.9 Å². The molecule has 0 spiro atoms. The second-order valence-corrected chi connectivity index (χ2v) is 4.97. The highest BCUT2D eigenvalue weighted by molar-refractivity contribution is 5.86. The first-order valence-corrected chi connectivity index (χ1v) is 6.96. The molecule has 0 bridgehead atoms. The Kier molecular flexibility index (Phi) is 5.11. The zero-order valence-corrected chi connectivity index (χ0v) is 12.1. The first kappa shape index (κ1) is 14.8. The maximum Gasteiger partial charge on any atom is 0.244 e. The first-order chi connectivity index (χ1) is 10.2. The summed E-state index contributed by atoms with van der Waals surface area (Å²) in [7, 11) is 1.75. The number of hydrogen-bond donors (Lipinski definition) is 0. The van der Waals surface area contributed by atoms with E-state index in [2.05, 4.69) is 6.07 Å². The van der Waals surface area contributed by atoms with Gasteiger partial charge in [-0.15, -0.1) is 0 Å². The van der Waals surface area contributed by atoms with Gasteiger partial charge in [0.25, 0.3) is 0 Å². The van der Waals surface area contributed by atoms with Crippen molar-refractivity contribution in [3.8, 4) is 6.07 Å². The summed E-state index contributed by atoms with van der Waals surface area (Å²) in [5, 5.41) is 9.29. The fourth-order valence-electron chi connectivity index (χ4n) is 2.19. The van der Waals surface area contributed by atoms with Gasteiger partial charge in [0.15, 0.2) is 0 Å². The van der Waals surface area contributed by atoms with Crippen LogP contribution in [0.1, 0.15) is 17.0 Å². The van der Waals surface area contributed by atoms with E-state index >= 15 is 0 Å². The van der Waals surface area contributed by atoms with Crippen LogP contribution >= 0.6 is 0 Å². The Bertz CT molecular complexity index is 617. The minimum Gasteiger partial charge on any atom is -0.344 e. The van der Waals surface area contributed by atoms with E-state index in [9.17, 15) is 10.1 Å². The maximum absolute atomic E-state index is 12.4. The molecule has 0 aliphatic rings. The summed E-state index contributed by atoms with van der Waals surface area (Å²) >= 11 is 0. The molecule has 0 aliphatic heterocycles. The maximum atomic E-state index is 12.4. The van der Waals surface area contributed by atoms with Crippen molar-refractivity contribution in [3.63, 3.8) is 0 Å². The van der Waals surface area contributed by atoms with Gasteiger partial charge in [0.1, 0.15) is 5.92 Å². The highest BCUT2D eigenvalue weighted by Crippen LogP contribution is 2.17. The Morgan fingerprint density at radius 3 is 2.24 bits per heavy atom. The van der Waals surface area contributed by atoms with Crippen LogP contribution in [0, 0.1) is 11.3 Å². The van der Waals surface area contributed by atoms with Gasteiger partial charge in [0.05, 0.1) is 6.07 Å². The topological polar surface area (TPSA) is 44.1 Å². The summed E-state index contributed by atoms with van der Waals surface area (Å²) in [5.74, 6) is -0.883. The third-order valence-corrected chi connectivity index (χ3v) is 3.46. The van der Waals surface area contributed by atoms with Crippen LogP contribution in [0.5, 0.6) is 0 Å². The summed E-state index contributed by atoms with van der Waals surface area (Å²) in [6, 6.07) is 21.3. The number of nitrogens with zero attached hydrogens (tertiary/aromatic N) is 2. The van der Waals surface area contributed by atoms with E-state index in [0.29, 0.717) is 6.54 Å². The van der Waals surface area contributed by atoms with E-state index in [0.717, 1.165) is 12.0 Å². The van der Waals surface area contributed by atoms with Crippen molar-refractivity contribution in [2.45, 2.75) is 12.3 Å². The molecule has 0 N–H and O–H groups in total. The third-order valence-electron chi connectivity index (χ3n) is 3.46. The van der Waals surface area contributed by atoms with Gasteiger partial charge in [-0.3, -0.25) is 4.79 Å². The SMILES string of the molecule is CN(CCc1ccccc1)C(=O)C(C#N)c1ccccc1. The van der Waals surface area contributed by atoms with Gasteiger partial charge in [0.2, 0.25) is 5.91 Å². The van der Waals surface area contributed by atoms with Gasteiger partial charge in [-0.05, 0) is 17.5 Å². The summed E-state index contributed by atoms with van der Waals surface area (Å²) < 4.78 is 0. The Labute approximate surface area is 125 Å². The van der Waals surface area contributed by atoms with Crippen LogP contribution in [-0.4, -0.2) is 24.4 Å². The van der Waals surface area contributed by atoms with E-state index in [1.807, 2.05) is 60.7 Å². The fourth-order valence-corrected chi connectivity index (χ4v) is 2.19. The standard InChI is InChI=1S/C18H18N2O/c1-20(13-12-15-8-4-2-5-9-15)18(21)17(14-19)16-10-6-3-7-11-16/h2-11,17H,12-13H2,1H3. The predicted molar refractivity (Wildman–Crippen MR) is 82.6 cm³/mol. The lowest BCUT2D eigenvalue weighted by atomic mass is 9.99. The number of nitriles is 1. The number of carbonyl (C=O) groups excluding carboxylic acids is 1. The number of likely N-dealkylation sites (N-methyl/N-ethyl adjacent to an activating group) is 1. The highest BCUT2D eigenvalue weighted by Gasteiger charge is 2.23. The van der Waals surface area contributed by atoms with Crippen molar-refractivity contribution < 1.29 is 4.79 Å². The lowest BCUT2D eigenvalue weighted by Crippen LogP contribution is -2.32. The van der Waals surface area contributed by atoms with Gasteiger partial charge in [-0.1, -0.05) is 60.7 Å². The minimum absolute atomic E-state index is 0.153. The van der Waals surface area contributed by atoms with Crippen molar-refractivity contribution >= 4 is 5.91 Å². The molecular formula is C18H18N2O. The molecule has 0 aliphatic carbocycles. The van der Waals surface area contributed by atoms with Crippen LogP contribution in [0.25, 0.3) is 0 Å². The van der Waals surface area contributed by atoms with Crippen molar-refractivity contribution in [2.75, 3.05) is 13.6 Å². The molecule has 1 atom stereocenters. The van der Waals surface area contributed by atoms with Gasteiger partial charge in [-0.25, -0.2) is 0 Å². The summed E-state index contributed by atoms with van der Waals surface area (Å²) in [5.41, 5.74) is 1.93. The van der Waals surface area contributed by atoms with Crippen molar-refractivity contribution in [1.29, 1.82) is 5.26 Å². The molecule has 0 fully saturated rings. The summed E-state index contributed by atoms with van der Waals surface area (Å²) in [6.07, 6.45) is 0.788. The second kappa shape index (κ2) is 7.25. The summed E-state index contributed by atoms with van der Waals surface area (Å²) in [6.45, 7) is 0.605. The molecule has 106 valence electrons. The fraction of sp³-hybridized carbons (Fsp3) is 0.222. The van der Waals surface area contributed by atoms with E-state index < -0.39 is 5.92 Å². The number of carbonyl (C=O) groups is 1. The molecule has 1 unspecified atom stereocenters. The van der Waals surface area contributed by atoms with Gasteiger partial charge < -0.3 is 4.90 Å². The van der Waals surface area contributed by atoms with E-state index in [1.165, 1.54) is 5.56 Å². The molecule has 0 aromatic heterocycles. The van der Waals surface area contributed by atoms with E-state index in [4.69, 9.17) is 0 Å². The van der Waals surface area contributed by atoms with Crippen LogP contribution in [0.4, 0.5) is 0 Å². The van der Waals surface area contributed by atoms with Crippen LogP contribution in [0.3, 0.4) is 0 Å². The first-order valence-electron chi connectivity index (χ1n) is 6.96. The van der Waals surface area contributed by atoms with Crippen molar-refractivity contribution in [2.24, 2.45) is 0 Å². The lowest BCUT2D eigenvalue weighted by Gasteiger charge is -2.20. The predicted octanol–water partition coefficient (Wildman–Crippen LogP) is 2.99. The van der Waals surface area contributed by atoms with Gasteiger partial charge in [-0.2, -0.15) is 5.26 Å². The molecule has 3 heteroatoms. The summed E-state index contributed by atoms with van der Waals surface area (Å²) in [4.78, 5) is 14.0. The third kappa shape index (κ3) is 3.93. The smallest absolute Gasteiger partial charge is 0.244 e. The van der Waals surface area contributed by atoms with Crippen LogP contribution < -0.4 is 0 Å². The molecule has 0 saturated carbocycles. The highest BCUT2D eigenvalue weighted by atomic mass is 16.2. The normalized spacial score (nSPS) is 11.4. The van der Waals surface area contributed by atoms with Crippen molar-refractivity contribution in [3.05, 3.63) is 71.8 Å².